The van der Waals surface area contributed by atoms with E-state index in [4.69, 9.17) is 0 Å². The molecule has 0 spiro atoms. The first-order valence-corrected chi connectivity index (χ1v) is 9.22. The summed E-state index contributed by atoms with van der Waals surface area (Å²) in [6.45, 7) is 7.60. The zero-order chi connectivity index (χ0) is 19.2. The fraction of sp³-hybridized carbons (Fsp3) is 0.526. The number of unbranched alkanes of at least 4 members (excludes halogenated alkanes) is 1. The van der Waals surface area contributed by atoms with Crippen molar-refractivity contribution in [3.05, 3.63) is 35.9 Å². The largest absolute Gasteiger partial charge is 0.344 e. The van der Waals surface area contributed by atoms with Crippen molar-refractivity contribution in [1.29, 1.82) is 0 Å². The van der Waals surface area contributed by atoms with Gasteiger partial charge in [0.25, 0.3) is 11.8 Å². The molecular formula is C19H28N4O3. The van der Waals surface area contributed by atoms with Crippen LogP contribution < -0.4 is 10.7 Å². The molecule has 142 valence electrons. The van der Waals surface area contributed by atoms with Crippen molar-refractivity contribution in [2.45, 2.75) is 45.6 Å². The summed E-state index contributed by atoms with van der Waals surface area (Å²) in [5, 5.41) is 3.56. The third kappa shape index (κ3) is 4.04. The number of nitrogens with zero attached hydrogens (tertiary/aromatic N) is 2. The van der Waals surface area contributed by atoms with Crippen LogP contribution in [-0.4, -0.2) is 47.4 Å². The molecule has 26 heavy (non-hydrogen) atoms. The zero-order valence-corrected chi connectivity index (χ0v) is 15.7. The van der Waals surface area contributed by atoms with Crippen molar-refractivity contribution in [1.82, 2.24) is 20.7 Å². The number of rotatable bonds is 9. The van der Waals surface area contributed by atoms with Crippen LogP contribution in [0.4, 0.5) is 4.79 Å². The van der Waals surface area contributed by atoms with Crippen LogP contribution >= 0.6 is 0 Å². The summed E-state index contributed by atoms with van der Waals surface area (Å²) in [5.74, 6) is -0.826. The molecule has 0 aromatic heterocycles. The topological polar surface area (TPSA) is 81.8 Å². The number of amides is 4. The van der Waals surface area contributed by atoms with E-state index >= 15 is 0 Å². The van der Waals surface area contributed by atoms with Crippen LogP contribution in [0.25, 0.3) is 0 Å². The van der Waals surface area contributed by atoms with Crippen LogP contribution in [-0.2, 0) is 15.1 Å². The van der Waals surface area contributed by atoms with Gasteiger partial charge >= 0.3 is 6.03 Å². The standard InChI is InChI=1S/C19H28N4O3/c1-4-7-13-22(6-3)14-16(24)21-23-17(25)19(5-2,20-18(23)26)15-11-9-8-10-12-15/h8-12H,4-7,13-14H2,1-3H3,(H,20,26)(H,21,24). The van der Waals surface area contributed by atoms with Crippen LogP contribution in [0.1, 0.15) is 45.6 Å². The molecule has 7 nitrogen and oxygen atoms in total. The number of nitrogens with one attached hydrogen (secondary N) is 2. The van der Waals surface area contributed by atoms with Gasteiger partial charge in [0.1, 0.15) is 5.54 Å². The van der Waals surface area contributed by atoms with Crippen molar-refractivity contribution < 1.29 is 14.4 Å². The lowest BCUT2D eigenvalue weighted by molar-refractivity contribution is -0.139. The molecule has 0 saturated carbocycles. The molecule has 1 aliphatic heterocycles. The summed E-state index contributed by atoms with van der Waals surface area (Å²) in [5.41, 5.74) is 2.03. The molecule has 2 rings (SSSR count). The van der Waals surface area contributed by atoms with E-state index in [1.54, 1.807) is 12.1 Å². The highest BCUT2D eigenvalue weighted by Crippen LogP contribution is 2.31. The van der Waals surface area contributed by atoms with E-state index in [1.807, 2.05) is 36.9 Å². The maximum absolute atomic E-state index is 12.9. The van der Waals surface area contributed by atoms with E-state index in [2.05, 4.69) is 17.7 Å². The molecule has 2 N–H and O–H groups in total. The Morgan fingerprint density at radius 3 is 2.46 bits per heavy atom. The van der Waals surface area contributed by atoms with Gasteiger partial charge in [0.15, 0.2) is 0 Å². The van der Waals surface area contributed by atoms with Gasteiger partial charge in [-0.25, -0.2) is 4.79 Å². The van der Waals surface area contributed by atoms with Crippen molar-refractivity contribution in [2.75, 3.05) is 19.6 Å². The summed E-state index contributed by atoms with van der Waals surface area (Å²) in [7, 11) is 0. The van der Waals surface area contributed by atoms with Gasteiger partial charge in [-0.05, 0) is 31.5 Å². The first kappa shape index (κ1) is 19.9. The monoisotopic (exact) mass is 360 g/mol. The average molecular weight is 360 g/mol. The minimum atomic E-state index is -1.14. The van der Waals surface area contributed by atoms with Crippen molar-refractivity contribution in [3.8, 4) is 0 Å². The molecule has 1 aliphatic rings. The van der Waals surface area contributed by atoms with Gasteiger partial charge in [-0.3, -0.25) is 19.9 Å². The van der Waals surface area contributed by atoms with E-state index in [1.165, 1.54) is 0 Å². The predicted molar refractivity (Wildman–Crippen MR) is 99.0 cm³/mol. The van der Waals surface area contributed by atoms with Gasteiger partial charge < -0.3 is 5.32 Å². The smallest absolute Gasteiger partial charge is 0.318 e. The van der Waals surface area contributed by atoms with E-state index < -0.39 is 17.5 Å². The maximum Gasteiger partial charge on any atom is 0.344 e. The van der Waals surface area contributed by atoms with Crippen molar-refractivity contribution in [2.24, 2.45) is 0 Å². The number of benzene rings is 1. The third-order valence-electron chi connectivity index (χ3n) is 4.77. The quantitative estimate of drug-likeness (QED) is 0.660. The number of carbonyl (C=O) groups excluding carboxylic acids is 3. The van der Waals surface area contributed by atoms with E-state index in [0.717, 1.165) is 30.9 Å². The molecule has 1 unspecified atom stereocenters. The lowest BCUT2D eigenvalue weighted by Gasteiger charge is -2.26. The number of carbonyl (C=O) groups is 3. The van der Waals surface area contributed by atoms with Crippen LogP contribution in [0, 0.1) is 0 Å². The van der Waals surface area contributed by atoms with Gasteiger partial charge in [0.2, 0.25) is 0 Å². The summed E-state index contributed by atoms with van der Waals surface area (Å²) in [6, 6.07) is 8.49. The van der Waals surface area contributed by atoms with Crippen LogP contribution in [0.5, 0.6) is 0 Å². The molecule has 0 radical (unpaired) electrons. The molecule has 0 bridgehead atoms. The van der Waals surface area contributed by atoms with Crippen LogP contribution in [0.2, 0.25) is 0 Å². The molecule has 1 aromatic rings. The molecule has 1 saturated heterocycles. The van der Waals surface area contributed by atoms with Gasteiger partial charge in [-0.2, -0.15) is 5.01 Å². The molecule has 4 amide bonds. The Hall–Kier alpha value is -2.41. The molecular weight excluding hydrogens is 332 g/mol. The molecule has 1 heterocycles. The summed E-state index contributed by atoms with van der Waals surface area (Å²) >= 11 is 0. The number of hydrogen-bond donors (Lipinski definition) is 2. The van der Waals surface area contributed by atoms with E-state index in [-0.39, 0.29) is 12.5 Å². The summed E-state index contributed by atoms with van der Waals surface area (Å²) in [6.07, 6.45) is 2.43. The Labute approximate surface area is 154 Å². The maximum atomic E-state index is 12.9. The zero-order valence-electron chi connectivity index (χ0n) is 15.7. The summed E-state index contributed by atoms with van der Waals surface area (Å²) < 4.78 is 0. The Morgan fingerprint density at radius 2 is 1.88 bits per heavy atom. The Bertz CT molecular complexity index is 649. The number of urea groups is 1. The Kier molecular flexibility index (Phi) is 6.74. The normalized spacial score (nSPS) is 19.8. The predicted octanol–water partition coefficient (Wildman–Crippen LogP) is 2.00. The number of imide groups is 1. The highest BCUT2D eigenvalue weighted by molar-refractivity contribution is 6.08. The van der Waals surface area contributed by atoms with Gasteiger partial charge in [-0.15, -0.1) is 0 Å². The highest BCUT2D eigenvalue weighted by atomic mass is 16.2. The SMILES string of the molecule is CCCCN(CC)CC(=O)NN1C(=O)NC(CC)(c2ccccc2)C1=O. The van der Waals surface area contributed by atoms with Gasteiger partial charge in [0.05, 0.1) is 6.54 Å². The Balaban J connectivity index is 2.10. The third-order valence-corrected chi connectivity index (χ3v) is 4.77. The van der Waals surface area contributed by atoms with E-state index in [0.29, 0.717) is 12.0 Å². The minimum absolute atomic E-state index is 0.151. The second kappa shape index (κ2) is 8.80. The molecule has 1 atom stereocenters. The fourth-order valence-corrected chi connectivity index (χ4v) is 3.13. The van der Waals surface area contributed by atoms with E-state index in [9.17, 15) is 14.4 Å². The number of hydrogen-bond acceptors (Lipinski definition) is 4. The first-order valence-electron chi connectivity index (χ1n) is 9.22. The highest BCUT2D eigenvalue weighted by Gasteiger charge is 2.52. The molecule has 1 aromatic carbocycles. The second-order valence-electron chi connectivity index (χ2n) is 6.45. The number of hydrazine groups is 1. The average Bonchev–Trinajstić information content (AvgIpc) is 2.90. The van der Waals surface area contributed by atoms with Crippen LogP contribution in [0.3, 0.4) is 0 Å². The van der Waals surface area contributed by atoms with Crippen molar-refractivity contribution in [3.63, 3.8) is 0 Å². The molecule has 0 aliphatic carbocycles. The second-order valence-corrected chi connectivity index (χ2v) is 6.45. The minimum Gasteiger partial charge on any atom is -0.318 e. The molecule has 1 fully saturated rings. The molecule has 7 heteroatoms. The fourth-order valence-electron chi connectivity index (χ4n) is 3.13. The summed E-state index contributed by atoms with van der Waals surface area (Å²) in [4.78, 5) is 39.6. The van der Waals surface area contributed by atoms with Gasteiger partial charge in [0, 0.05) is 0 Å². The van der Waals surface area contributed by atoms with Crippen LogP contribution in [0.15, 0.2) is 30.3 Å². The lowest BCUT2D eigenvalue weighted by atomic mass is 9.87. The van der Waals surface area contributed by atoms with Crippen molar-refractivity contribution >= 4 is 17.8 Å². The lowest BCUT2D eigenvalue weighted by Crippen LogP contribution is -2.51. The van der Waals surface area contributed by atoms with Gasteiger partial charge in [-0.1, -0.05) is 57.5 Å². The number of likely N-dealkylation sites (N-methyl/N-ethyl adjacent to an activating group) is 1. The first-order chi connectivity index (χ1) is 12.5. The Morgan fingerprint density at radius 1 is 1.19 bits per heavy atom.